The summed E-state index contributed by atoms with van der Waals surface area (Å²) in [6.45, 7) is 0.641. The van der Waals surface area contributed by atoms with Gasteiger partial charge < -0.3 is 9.84 Å². The first-order valence-corrected chi connectivity index (χ1v) is 8.63. The predicted octanol–water partition coefficient (Wildman–Crippen LogP) is 4.20. The summed E-state index contributed by atoms with van der Waals surface area (Å²) in [6.07, 6.45) is 9.54. The van der Waals surface area contributed by atoms with Gasteiger partial charge in [0.1, 0.15) is 11.5 Å². The Morgan fingerprint density at radius 2 is 2.24 bits per heavy atom. The van der Waals surface area contributed by atoms with Gasteiger partial charge in [0, 0.05) is 21.9 Å². The predicted molar refractivity (Wildman–Crippen MR) is 91.2 cm³/mol. The average Bonchev–Trinajstić information content (AvgIpc) is 2.90. The molecule has 0 saturated carbocycles. The summed E-state index contributed by atoms with van der Waals surface area (Å²) >= 11 is 7.04. The number of hydrogen-bond acceptors (Lipinski definition) is 4. The van der Waals surface area contributed by atoms with Crippen molar-refractivity contribution in [2.45, 2.75) is 30.6 Å². The molecule has 0 atom stereocenters. The lowest BCUT2D eigenvalue weighted by atomic mass is 10.0. The first-order chi connectivity index (χ1) is 10.2. The summed E-state index contributed by atoms with van der Waals surface area (Å²) in [6, 6.07) is 4.06. The van der Waals surface area contributed by atoms with E-state index < -0.39 is 0 Å². The summed E-state index contributed by atoms with van der Waals surface area (Å²) in [7, 11) is 0. The number of benzene rings is 1. The molecule has 1 aromatic carbocycles. The normalized spacial score (nSPS) is 16.8. The summed E-state index contributed by atoms with van der Waals surface area (Å²) in [5, 5.41) is 10.1. The molecule has 0 spiro atoms. The van der Waals surface area contributed by atoms with Gasteiger partial charge in [0.25, 0.3) is 0 Å². The number of aryl methyl sites for hydroxylation is 2. The number of phenols is 1. The Balaban J connectivity index is 1.52. The highest BCUT2D eigenvalue weighted by Gasteiger charge is 2.14. The molecule has 0 amide bonds. The maximum atomic E-state index is 10.1. The third kappa shape index (κ3) is 3.69. The zero-order chi connectivity index (χ0) is 14.7. The standard InChI is InChI=1S/C17H18O2S2/c18-16-9-13-6-8-21-17(13)10-12(16)3-2-7-19-14-4-1-5-15(20)11-14/h1,4,9-11,18H,2-3,5-8H2. The number of fused-ring (bicyclic) bond motifs is 1. The second-order valence-electron chi connectivity index (χ2n) is 5.26. The van der Waals surface area contributed by atoms with Crippen LogP contribution >= 0.6 is 24.0 Å². The second kappa shape index (κ2) is 6.67. The largest absolute Gasteiger partial charge is 0.508 e. The zero-order valence-electron chi connectivity index (χ0n) is 11.8. The van der Waals surface area contributed by atoms with Gasteiger partial charge in [0.05, 0.1) is 6.61 Å². The van der Waals surface area contributed by atoms with Crippen LogP contribution in [-0.4, -0.2) is 22.3 Å². The number of hydrogen-bond donors (Lipinski definition) is 1. The summed E-state index contributed by atoms with van der Waals surface area (Å²) in [4.78, 5) is 2.24. The SMILES string of the molecule is Oc1cc2c(cc1CCCOC1=CC(=S)CC=C1)SCC2. The van der Waals surface area contributed by atoms with E-state index in [4.69, 9.17) is 17.0 Å². The van der Waals surface area contributed by atoms with E-state index in [1.165, 1.54) is 10.5 Å². The van der Waals surface area contributed by atoms with Crippen molar-refractivity contribution >= 4 is 28.8 Å². The molecule has 0 unspecified atom stereocenters. The van der Waals surface area contributed by atoms with E-state index >= 15 is 0 Å². The van der Waals surface area contributed by atoms with E-state index in [0.29, 0.717) is 12.4 Å². The van der Waals surface area contributed by atoms with Crippen molar-refractivity contribution in [2.75, 3.05) is 12.4 Å². The first-order valence-electron chi connectivity index (χ1n) is 7.24. The van der Waals surface area contributed by atoms with Crippen molar-refractivity contribution in [2.24, 2.45) is 0 Å². The fourth-order valence-corrected chi connectivity index (χ4v) is 3.88. The topological polar surface area (TPSA) is 29.5 Å². The number of phenolic OH excluding ortho intramolecular Hbond substituents is 1. The van der Waals surface area contributed by atoms with Crippen molar-refractivity contribution in [3.8, 4) is 5.75 Å². The Morgan fingerprint density at radius 1 is 1.33 bits per heavy atom. The Labute approximate surface area is 134 Å². The van der Waals surface area contributed by atoms with Crippen LogP contribution in [0.25, 0.3) is 0 Å². The molecule has 0 saturated heterocycles. The first kappa shape index (κ1) is 14.7. The van der Waals surface area contributed by atoms with E-state index in [-0.39, 0.29) is 0 Å². The number of allylic oxidation sites excluding steroid dienone is 3. The van der Waals surface area contributed by atoms with Crippen molar-refractivity contribution in [3.05, 3.63) is 47.2 Å². The monoisotopic (exact) mass is 318 g/mol. The third-order valence-electron chi connectivity index (χ3n) is 3.65. The fraction of sp³-hybridized carbons (Fsp3) is 0.353. The molecule has 3 rings (SSSR count). The molecule has 1 heterocycles. The van der Waals surface area contributed by atoms with Gasteiger partial charge in [0.2, 0.25) is 0 Å². The van der Waals surface area contributed by atoms with Crippen LogP contribution in [0.3, 0.4) is 0 Å². The van der Waals surface area contributed by atoms with Gasteiger partial charge in [-0.15, -0.1) is 11.8 Å². The van der Waals surface area contributed by atoms with Crippen LogP contribution < -0.4 is 0 Å². The zero-order valence-corrected chi connectivity index (χ0v) is 13.4. The van der Waals surface area contributed by atoms with Crippen LogP contribution in [-0.2, 0) is 17.6 Å². The lowest BCUT2D eigenvalue weighted by molar-refractivity contribution is 0.220. The van der Waals surface area contributed by atoms with Gasteiger partial charge in [-0.2, -0.15) is 0 Å². The molecule has 0 fully saturated rings. The fourth-order valence-electron chi connectivity index (χ4n) is 2.55. The van der Waals surface area contributed by atoms with Crippen LogP contribution in [0.2, 0.25) is 0 Å². The van der Waals surface area contributed by atoms with E-state index in [1.54, 1.807) is 0 Å². The molecular formula is C17H18O2S2. The molecule has 2 nitrogen and oxygen atoms in total. The molecule has 21 heavy (non-hydrogen) atoms. The molecular weight excluding hydrogens is 300 g/mol. The molecule has 1 N–H and O–H groups in total. The number of aromatic hydroxyl groups is 1. The molecule has 0 radical (unpaired) electrons. The summed E-state index contributed by atoms with van der Waals surface area (Å²) in [5.41, 5.74) is 2.30. The summed E-state index contributed by atoms with van der Waals surface area (Å²) in [5.74, 6) is 2.40. The average molecular weight is 318 g/mol. The molecule has 110 valence electrons. The minimum absolute atomic E-state index is 0.425. The molecule has 1 aromatic rings. The van der Waals surface area contributed by atoms with E-state index in [1.807, 2.05) is 36.1 Å². The van der Waals surface area contributed by atoms with Crippen LogP contribution in [0.1, 0.15) is 24.0 Å². The highest BCUT2D eigenvalue weighted by molar-refractivity contribution is 7.99. The number of thioether (sulfide) groups is 1. The molecule has 1 aliphatic heterocycles. The Bertz CT molecular complexity index is 617. The number of ether oxygens (including phenoxy) is 1. The van der Waals surface area contributed by atoms with Crippen molar-refractivity contribution in [1.29, 1.82) is 0 Å². The third-order valence-corrected chi connectivity index (χ3v) is 5.04. The Hall–Kier alpha value is -1.26. The van der Waals surface area contributed by atoms with Gasteiger partial charge >= 0.3 is 0 Å². The Morgan fingerprint density at radius 3 is 3.10 bits per heavy atom. The van der Waals surface area contributed by atoms with Gasteiger partial charge in [0.15, 0.2) is 0 Å². The maximum Gasteiger partial charge on any atom is 0.120 e. The summed E-state index contributed by atoms with van der Waals surface area (Å²) < 4.78 is 5.71. The highest BCUT2D eigenvalue weighted by Crippen LogP contribution is 2.36. The minimum atomic E-state index is 0.425. The molecule has 4 heteroatoms. The molecule has 0 aromatic heterocycles. The van der Waals surface area contributed by atoms with Crippen molar-refractivity contribution < 1.29 is 9.84 Å². The lowest BCUT2D eigenvalue weighted by Gasteiger charge is -2.11. The van der Waals surface area contributed by atoms with Crippen LogP contribution in [0.15, 0.2) is 41.0 Å². The van der Waals surface area contributed by atoms with Crippen molar-refractivity contribution in [1.82, 2.24) is 0 Å². The van der Waals surface area contributed by atoms with Gasteiger partial charge in [-0.25, -0.2) is 0 Å². The smallest absolute Gasteiger partial charge is 0.120 e. The van der Waals surface area contributed by atoms with Crippen LogP contribution in [0.4, 0.5) is 0 Å². The van der Waals surface area contributed by atoms with E-state index in [9.17, 15) is 5.11 Å². The van der Waals surface area contributed by atoms with Gasteiger partial charge in [-0.3, -0.25) is 0 Å². The van der Waals surface area contributed by atoms with Gasteiger partial charge in [-0.1, -0.05) is 18.3 Å². The number of thiocarbonyl (C=S) groups is 1. The van der Waals surface area contributed by atoms with Crippen LogP contribution in [0, 0.1) is 0 Å². The molecule has 1 aliphatic carbocycles. The number of rotatable bonds is 5. The van der Waals surface area contributed by atoms with Gasteiger partial charge in [-0.05, 0) is 54.7 Å². The quantitative estimate of drug-likeness (QED) is 0.651. The second-order valence-corrected chi connectivity index (χ2v) is 6.92. The van der Waals surface area contributed by atoms with Crippen LogP contribution in [0.5, 0.6) is 5.75 Å². The van der Waals surface area contributed by atoms with E-state index in [0.717, 1.165) is 47.6 Å². The molecule has 0 bridgehead atoms. The molecule has 2 aliphatic rings. The van der Waals surface area contributed by atoms with Crippen molar-refractivity contribution in [3.63, 3.8) is 0 Å². The highest BCUT2D eigenvalue weighted by atomic mass is 32.2. The Kier molecular flexibility index (Phi) is 4.66. The lowest BCUT2D eigenvalue weighted by Crippen LogP contribution is -2.01. The minimum Gasteiger partial charge on any atom is -0.508 e. The van der Waals surface area contributed by atoms with E-state index in [2.05, 4.69) is 6.07 Å². The maximum absolute atomic E-state index is 10.1.